The van der Waals surface area contributed by atoms with E-state index in [0.717, 1.165) is 33.4 Å². The van der Waals surface area contributed by atoms with Gasteiger partial charge in [0, 0.05) is 42.7 Å². The minimum absolute atomic E-state index is 0.0696. The molecule has 0 aliphatic carbocycles. The summed E-state index contributed by atoms with van der Waals surface area (Å²) < 4.78 is 2.11. The first kappa shape index (κ1) is 23.8. The second-order valence-corrected chi connectivity index (χ2v) is 10.3. The van der Waals surface area contributed by atoms with Crippen molar-refractivity contribution in [2.75, 3.05) is 4.90 Å². The maximum atomic E-state index is 14.4. The number of anilines is 1. The SMILES string of the molecule is Cc1cc(C)c2c(CN3C(=O)C(C)(C(CC(=O)O)c4ccccc4)Cc4ncccc43)cn(C)c2c1. The summed E-state index contributed by atoms with van der Waals surface area (Å²) in [4.78, 5) is 32.8. The van der Waals surface area contributed by atoms with Gasteiger partial charge in [0.25, 0.3) is 0 Å². The average molecular weight is 482 g/mol. The van der Waals surface area contributed by atoms with Gasteiger partial charge in [-0.15, -0.1) is 0 Å². The minimum Gasteiger partial charge on any atom is -0.481 e. The largest absolute Gasteiger partial charge is 0.481 e. The molecular weight excluding hydrogens is 450 g/mol. The fourth-order valence-corrected chi connectivity index (χ4v) is 5.95. The molecule has 2 atom stereocenters. The summed E-state index contributed by atoms with van der Waals surface area (Å²) >= 11 is 0. The molecular formula is C30H31N3O3. The zero-order valence-corrected chi connectivity index (χ0v) is 21.2. The lowest BCUT2D eigenvalue weighted by Gasteiger charge is -2.44. The highest BCUT2D eigenvalue weighted by Crippen LogP contribution is 2.48. The van der Waals surface area contributed by atoms with Gasteiger partial charge in [0.15, 0.2) is 0 Å². The number of aryl methyl sites for hydroxylation is 3. The van der Waals surface area contributed by atoms with E-state index < -0.39 is 17.3 Å². The number of carbonyl (C=O) groups is 2. The Morgan fingerprint density at radius 1 is 1.14 bits per heavy atom. The lowest BCUT2D eigenvalue weighted by Crippen LogP contribution is -2.51. The molecule has 0 saturated heterocycles. The number of hydrogen-bond acceptors (Lipinski definition) is 3. The summed E-state index contributed by atoms with van der Waals surface area (Å²) in [6.45, 7) is 6.49. The molecule has 2 aromatic heterocycles. The maximum Gasteiger partial charge on any atom is 0.303 e. The number of aromatic nitrogens is 2. The van der Waals surface area contributed by atoms with Crippen LogP contribution in [-0.4, -0.2) is 26.5 Å². The summed E-state index contributed by atoms with van der Waals surface area (Å²) in [5.41, 5.74) is 6.07. The van der Waals surface area contributed by atoms with Crippen molar-refractivity contribution in [1.29, 1.82) is 0 Å². The van der Waals surface area contributed by atoms with E-state index in [9.17, 15) is 14.7 Å². The van der Waals surface area contributed by atoms with Gasteiger partial charge in [-0.3, -0.25) is 14.6 Å². The number of pyridine rings is 1. The third-order valence-electron chi connectivity index (χ3n) is 7.61. The molecule has 36 heavy (non-hydrogen) atoms. The second-order valence-electron chi connectivity index (χ2n) is 10.3. The van der Waals surface area contributed by atoms with E-state index >= 15 is 0 Å². The van der Waals surface area contributed by atoms with E-state index in [4.69, 9.17) is 0 Å². The highest BCUT2D eigenvalue weighted by molar-refractivity contribution is 6.01. The van der Waals surface area contributed by atoms with Crippen LogP contribution in [0.5, 0.6) is 0 Å². The zero-order valence-electron chi connectivity index (χ0n) is 21.2. The van der Waals surface area contributed by atoms with Gasteiger partial charge in [0.2, 0.25) is 5.91 Å². The molecule has 0 fully saturated rings. The molecule has 3 heterocycles. The van der Waals surface area contributed by atoms with Crippen molar-refractivity contribution in [3.63, 3.8) is 0 Å². The van der Waals surface area contributed by atoms with Gasteiger partial charge in [0.1, 0.15) is 0 Å². The van der Waals surface area contributed by atoms with Crippen LogP contribution in [0.2, 0.25) is 0 Å². The first-order valence-corrected chi connectivity index (χ1v) is 12.3. The first-order chi connectivity index (χ1) is 17.2. The van der Waals surface area contributed by atoms with Gasteiger partial charge in [-0.25, -0.2) is 0 Å². The van der Waals surface area contributed by atoms with Gasteiger partial charge < -0.3 is 14.6 Å². The van der Waals surface area contributed by atoms with Crippen LogP contribution in [0, 0.1) is 19.3 Å². The van der Waals surface area contributed by atoms with E-state index in [2.05, 4.69) is 41.7 Å². The van der Waals surface area contributed by atoms with Crippen LogP contribution in [0.1, 0.15) is 47.2 Å². The van der Waals surface area contributed by atoms with E-state index in [1.54, 1.807) is 6.20 Å². The van der Waals surface area contributed by atoms with E-state index in [1.807, 2.05) is 61.3 Å². The Balaban J connectivity index is 1.64. The minimum atomic E-state index is -0.961. The van der Waals surface area contributed by atoms with Crippen molar-refractivity contribution in [1.82, 2.24) is 9.55 Å². The maximum absolute atomic E-state index is 14.4. The topological polar surface area (TPSA) is 75.4 Å². The van der Waals surface area contributed by atoms with Crippen molar-refractivity contribution in [2.45, 2.75) is 46.1 Å². The van der Waals surface area contributed by atoms with Crippen molar-refractivity contribution < 1.29 is 14.7 Å². The Morgan fingerprint density at radius 2 is 1.89 bits per heavy atom. The summed E-state index contributed by atoms with van der Waals surface area (Å²) in [6, 6.07) is 17.7. The Bertz CT molecular complexity index is 1470. The number of hydrogen-bond donors (Lipinski definition) is 1. The number of rotatable bonds is 6. The van der Waals surface area contributed by atoms with Gasteiger partial charge in [-0.05, 0) is 61.2 Å². The highest BCUT2D eigenvalue weighted by atomic mass is 16.4. The Hall–Kier alpha value is -3.93. The van der Waals surface area contributed by atoms with Crippen LogP contribution in [0.25, 0.3) is 10.9 Å². The second kappa shape index (κ2) is 8.94. The number of fused-ring (bicyclic) bond motifs is 2. The Labute approximate surface area is 211 Å². The number of carbonyl (C=O) groups excluding carboxylic acids is 1. The third-order valence-corrected chi connectivity index (χ3v) is 7.61. The molecule has 2 unspecified atom stereocenters. The van der Waals surface area contributed by atoms with E-state index in [1.165, 1.54) is 11.1 Å². The number of carboxylic acids is 1. The van der Waals surface area contributed by atoms with Crippen molar-refractivity contribution in [3.8, 4) is 0 Å². The molecule has 0 radical (unpaired) electrons. The van der Waals surface area contributed by atoms with Crippen LogP contribution in [0.15, 0.2) is 67.0 Å². The third kappa shape index (κ3) is 3.96. The first-order valence-electron chi connectivity index (χ1n) is 12.3. The number of aliphatic carboxylic acids is 1. The molecule has 4 aromatic rings. The van der Waals surface area contributed by atoms with Crippen molar-refractivity contribution in [3.05, 3.63) is 94.9 Å². The smallest absolute Gasteiger partial charge is 0.303 e. The molecule has 1 N–H and O–H groups in total. The molecule has 1 amide bonds. The number of benzene rings is 2. The molecule has 5 rings (SSSR count). The lowest BCUT2D eigenvalue weighted by molar-refractivity contribution is -0.139. The molecule has 6 heteroatoms. The summed E-state index contributed by atoms with van der Waals surface area (Å²) in [7, 11) is 2.03. The number of carboxylic acid groups (broad SMARTS) is 1. The summed E-state index contributed by atoms with van der Waals surface area (Å²) in [5.74, 6) is -1.48. The molecule has 6 nitrogen and oxygen atoms in total. The van der Waals surface area contributed by atoms with E-state index in [-0.39, 0.29) is 12.3 Å². The van der Waals surface area contributed by atoms with E-state index in [0.29, 0.717) is 13.0 Å². The number of nitrogens with zero attached hydrogens (tertiary/aromatic N) is 3. The highest BCUT2D eigenvalue weighted by Gasteiger charge is 2.49. The van der Waals surface area contributed by atoms with Crippen LogP contribution in [0.3, 0.4) is 0 Å². The lowest BCUT2D eigenvalue weighted by atomic mass is 9.66. The molecule has 2 aromatic carbocycles. The molecule has 1 aliphatic rings. The Kier molecular flexibility index (Phi) is 5.91. The van der Waals surface area contributed by atoms with Gasteiger partial charge in [-0.2, -0.15) is 0 Å². The van der Waals surface area contributed by atoms with Crippen molar-refractivity contribution >= 4 is 28.5 Å². The predicted octanol–water partition coefficient (Wildman–Crippen LogP) is 5.54. The molecule has 184 valence electrons. The molecule has 1 aliphatic heterocycles. The summed E-state index contributed by atoms with van der Waals surface area (Å²) in [6.07, 6.45) is 4.10. The molecule has 0 bridgehead atoms. The Morgan fingerprint density at radius 3 is 2.61 bits per heavy atom. The van der Waals surface area contributed by atoms with Gasteiger partial charge in [0.05, 0.1) is 29.8 Å². The quantitative estimate of drug-likeness (QED) is 0.392. The van der Waals surface area contributed by atoms with Gasteiger partial charge in [-0.1, -0.05) is 36.4 Å². The van der Waals surface area contributed by atoms with Crippen LogP contribution in [0.4, 0.5) is 5.69 Å². The zero-order chi connectivity index (χ0) is 25.6. The van der Waals surface area contributed by atoms with Crippen LogP contribution < -0.4 is 4.90 Å². The molecule has 0 spiro atoms. The average Bonchev–Trinajstić information content (AvgIpc) is 3.16. The van der Waals surface area contributed by atoms with Crippen LogP contribution >= 0.6 is 0 Å². The number of amides is 1. The van der Waals surface area contributed by atoms with Crippen molar-refractivity contribution in [2.24, 2.45) is 12.5 Å². The fraction of sp³-hybridized carbons (Fsp3) is 0.300. The van der Waals surface area contributed by atoms with Crippen LogP contribution in [-0.2, 0) is 29.6 Å². The normalized spacial score (nSPS) is 18.3. The summed E-state index contributed by atoms with van der Waals surface area (Å²) in [5, 5.41) is 11.0. The monoisotopic (exact) mass is 481 g/mol. The van der Waals surface area contributed by atoms with Gasteiger partial charge >= 0.3 is 5.97 Å². The predicted molar refractivity (Wildman–Crippen MR) is 141 cm³/mol. The fourth-order valence-electron chi connectivity index (χ4n) is 5.95. The molecule has 0 saturated carbocycles. The standard InChI is InChI=1S/C30H31N3O3/c1-19-13-20(2)28-22(17-32(4)26(28)14-19)18-33-25-11-8-12-31-24(25)16-30(3,29(33)36)23(15-27(34)35)21-9-6-5-7-10-21/h5-14,17,23H,15-16,18H2,1-4H3,(H,34,35).